The van der Waals surface area contributed by atoms with E-state index in [1.807, 2.05) is 13.0 Å². The van der Waals surface area contributed by atoms with Crippen molar-refractivity contribution in [3.8, 4) is 0 Å². The van der Waals surface area contributed by atoms with Gasteiger partial charge in [0.1, 0.15) is 5.82 Å². The van der Waals surface area contributed by atoms with Crippen molar-refractivity contribution < 1.29 is 9.59 Å². The van der Waals surface area contributed by atoms with Crippen LogP contribution in [-0.2, 0) is 28.9 Å². The predicted molar refractivity (Wildman–Crippen MR) is 108 cm³/mol. The van der Waals surface area contributed by atoms with Gasteiger partial charge in [-0.2, -0.15) is 0 Å². The standard InChI is InChI=1S/C20H25N5O2S/c1-12(19(27)22-15-6-5-13-3-2-4-14(13)11-15)28-20-24-23-18(10-9-17(21)26)25(20)16-7-8-16/h5-6,11-12,16H,2-4,7-10H2,1H3,(H2,21,26)(H,22,27)/t12-/m0/s1. The maximum absolute atomic E-state index is 12.7. The van der Waals surface area contributed by atoms with Gasteiger partial charge < -0.3 is 15.6 Å². The molecule has 1 aromatic carbocycles. The molecule has 0 spiro atoms. The predicted octanol–water partition coefficient (Wildman–Crippen LogP) is 2.64. The molecule has 28 heavy (non-hydrogen) atoms. The summed E-state index contributed by atoms with van der Waals surface area (Å²) in [5, 5.41) is 12.0. The molecule has 1 aromatic heterocycles. The molecule has 7 nitrogen and oxygen atoms in total. The zero-order valence-electron chi connectivity index (χ0n) is 16.0. The summed E-state index contributed by atoms with van der Waals surface area (Å²) in [5.41, 5.74) is 8.84. The summed E-state index contributed by atoms with van der Waals surface area (Å²) in [5.74, 6) is 0.378. The second-order valence-electron chi connectivity index (χ2n) is 7.55. The van der Waals surface area contributed by atoms with E-state index in [4.69, 9.17) is 5.73 Å². The Balaban J connectivity index is 1.42. The first-order valence-corrected chi connectivity index (χ1v) is 10.7. The first-order chi connectivity index (χ1) is 13.5. The van der Waals surface area contributed by atoms with Gasteiger partial charge in [-0.05, 0) is 62.3 Å². The van der Waals surface area contributed by atoms with E-state index in [-0.39, 0.29) is 23.5 Å². The molecule has 2 amide bonds. The second-order valence-corrected chi connectivity index (χ2v) is 8.86. The molecule has 0 aliphatic heterocycles. The van der Waals surface area contributed by atoms with Crippen molar-refractivity contribution in [2.24, 2.45) is 5.73 Å². The molecule has 2 aliphatic carbocycles. The van der Waals surface area contributed by atoms with Crippen molar-refractivity contribution in [3.63, 3.8) is 0 Å². The number of aromatic nitrogens is 3. The highest BCUT2D eigenvalue weighted by molar-refractivity contribution is 8.00. The van der Waals surface area contributed by atoms with Crippen molar-refractivity contribution in [3.05, 3.63) is 35.2 Å². The smallest absolute Gasteiger partial charge is 0.237 e. The van der Waals surface area contributed by atoms with Crippen LogP contribution in [0.3, 0.4) is 0 Å². The van der Waals surface area contributed by atoms with Gasteiger partial charge in [0.05, 0.1) is 5.25 Å². The quantitative estimate of drug-likeness (QED) is 0.664. The molecule has 2 aromatic rings. The summed E-state index contributed by atoms with van der Waals surface area (Å²) in [4.78, 5) is 23.8. The molecule has 1 heterocycles. The number of anilines is 1. The van der Waals surface area contributed by atoms with Crippen LogP contribution in [0.5, 0.6) is 0 Å². The Morgan fingerprint density at radius 2 is 2.07 bits per heavy atom. The molecule has 1 fully saturated rings. The van der Waals surface area contributed by atoms with Gasteiger partial charge in [-0.1, -0.05) is 17.8 Å². The lowest BCUT2D eigenvalue weighted by molar-refractivity contribution is -0.118. The summed E-state index contributed by atoms with van der Waals surface area (Å²) in [6, 6.07) is 6.55. The SMILES string of the molecule is C[C@H](Sc1nnc(CCC(N)=O)n1C1CC1)C(=O)Nc1ccc2c(c1)CCC2. The van der Waals surface area contributed by atoms with E-state index in [0.29, 0.717) is 12.5 Å². The number of fused-ring (bicyclic) bond motifs is 1. The molecule has 148 valence electrons. The van der Waals surface area contributed by atoms with Crippen LogP contribution in [0.2, 0.25) is 0 Å². The number of hydrogen-bond acceptors (Lipinski definition) is 5. The fraction of sp³-hybridized carbons (Fsp3) is 0.500. The second kappa shape index (κ2) is 7.95. The molecule has 2 aliphatic rings. The highest BCUT2D eigenvalue weighted by Gasteiger charge is 2.31. The first kappa shape index (κ1) is 19.0. The molecule has 1 atom stereocenters. The highest BCUT2D eigenvalue weighted by atomic mass is 32.2. The summed E-state index contributed by atoms with van der Waals surface area (Å²) in [6.07, 6.45) is 6.29. The fourth-order valence-electron chi connectivity index (χ4n) is 3.60. The minimum absolute atomic E-state index is 0.0491. The Bertz CT molecular complexity index is 906. The van der Waals surface area contributed by atoms with Crippen LogP contribution in [0, 0.1) is 0 Å². The number of thioether (sulfide) groups is 1. The summed E-state index contributed by atoms with van der Waals surface area (Å²) in [6.45, 7) is 1.88. The minimum atomic E-state index is -0.346. The summed E-state index contributed by atoms with van der Waals surface area (Å²) < 4.78 is 2.08. The van der Waals surface area contributed by atoms with E-state index < -0.39 is 0 Å². The van der Waals surface area contributed by atoms with Gasteiger partial charge in [-0.25, -0.2) is 0 Å². The molecule has 8 heteroatoms. The maximum Gasteiger partial charge on any atom is 0.237 e. The summed E-state index contributed by atoms with van der Waals surface area (Å²) >= 11 is 1.41. The van der Waals surface area contributed by atoms with Gasteiger partial charge in [0, 0.05) is 24.6 Å². The largest absolute Gasteiger partial charge is 0.370 e. The van der Waals surface area contributed by atoms with Crippen LogP contribution in [0.1, 0.15) is 55.6 Å². The van der Waals surface area contributed by atoms with Crippen LogP contribution in [0.25, 0.3) is 0 Å². The summed E-state index contributed by atoms with van der Waals surface area (Å²) in [7, 11) is 0. The van der Waals surface area contributed by atoms with Crippen molar-refractivity contribution >= 4 is 29.3 Å². The lowest BCUT2D eigenvalue weighted by Gasteiger charge is -2.14. The van der Waals surface area contributed by atoms with E-state index in [9.17, 15) is 9.59 Å². The topological polar surface area (TPSA) is 103 Å². The number of nitrogens with two attached hydrogens (primary N) is 1. The lowest BCUT2D eigenvalue weighted by atomic mass is 10.1. The zero-order chi connectivity index (χ0) is 19.7. The highest BCUT2D eigenvalue weighted by Crippen LogP contribution is 2.39. The number of primary amides is 1. The zero-order valence-corrected chi connectivity index (χ0v) is 16.8. The first-order valence-electron chi connectivity index (χ1n) is 9.82. The average molecular weight is 400 g/mol. The number of hydrogen-bond donors (Lipinski definition) is 2. The number of rotatable bonds is 8. The van der Waals surface area contributed by atoms with Gasteiger partial charge in [0.15, 0.2) is 5.16 Å². The van der Waals surface area contributed by atoms with Gasteiger partial charge in [0.2, 0.25) is 11.8 Å². The molecule has 1 saturated carbocycles. The van der Waals surface area contributed by atoms with Crippen LogP contribution in [0.4, 0.5) is 5.69 Å². The van der Waals surface area contributed by atoms with E-state index >= 15 is 0 Å². The molecular weight excluding hydrogens is 374 g/mol. The lowest BCUT2D eigenvalue weighted by Crippen LogP contribution is -2.23. The fourth-order valence-corrected chi connectivity index (χ4v) is 4.54. The third-order valence-electron chi connectivity index (χ3n) is 5.26. The molecule has 4 rings (SSSR count). The minimum Gasteiger partial charge on any atom is -0.370 e. The van der Waals surface area contributed by atoms with E-state index in [1.165, 1.54) is 29.3 Å². The normalized spacial score (nSPS) is 16.6. The van der Waals surface area contributed by atoms with Gasteiger partial charge in [-0.3, -0.25) is 9.59 Å². The van der Waals surface area contributed by atoms with Crippen LogP contribution >= 0.6 is 11.8 Å². The van der Waals surface area contributed by atoms with Crippen LogP contribution < -0.4 is 11.1 Å². The van der Waals surface area contributed by atoms with Crippen molar-refractivity contribution in [1.82, 2.24) is 14.8 Å². The molecule has 0 radical (unpaired) electrons. The molecule has 0 saturated heterocycles. The molecule has 0 unspecified atom stereocenters. The number of carbonyl (C=O) groups excluding carboxylic acids is 2. The third-order valence-corrected chi connectivity index (χ3v) is 6.32. The number of carbonyl (C=O) groups is 2. The average Bonchev–Trinajstić information content (AvgIpc) is 3.25. The number of aryl methyl sites for hydroxylation is 3. The Morgan fingerprint density at radius 1 is 1.29 bits per heavy atom. The monoisotopic (exact) mass is 399 g/mol. The Hall–Kier alpha value is -2.35. The van der Waals surface area contributed by atoms with Crippen molar-refractivity contribution in [2.45, 2.75) is 68.3 Å². The molecular formula is C20H25N5O2S. The Kier molecular flexibility index (Phi) is 5.39. The Morgan fingerprint density at radius 3 is 2.82 bits per heavy atom. The number of nitrogens with one attached hydrogen (secondary N) is 1. The number of benzene rings is 1. The van der Waals surface area contributed by atoms with Gasteiger partial charge in [-0.15, -0.1) is 10.2 Å². The van der Waals surface area contributed by atoms with Gasteiger partial charge >= 0.3 is 0 Å². The third kappa shape index (κ3) is 4.22. The number of amides is 2. The molecule has 3 N–H and O–H groups in total. The van der Waals surface area contributed by atoms with E-state index in [2.05, 4.69) is 32.2 Å². The number of nitrogens with zero attached hydrogens (tertiary/aromatic N) is 3. The Labute approximate surface area is 168 Å². The van der Waals surface area contributed by atoms with Crippen LogP contribution in [0.15, 0.2) is 23.4 Å². The van der Waals surface area contributed by atoms with Gasteiger partial charge in [0.25, 0.3) is 0 Å². The molecule has 0 bridgehead atoms. The van der Waals surface area contributed by atoms with E-state index in [0.717, 1.165) is 42.4 Å². The maximum atomic E-state index is 12.7. The van der Waals surface area contributed by atoms with Crippen molar-refractivity contribution in [2.75, 3.05) is 5.32 Å². The van der Waals surface area contributed by atoms with E-state index in [1.54, 1.807) is 0 Å². The van der Waals surface area contributed by atoms with Crippen molar-refractivity contribution in [1.29, 1.82) is 0 Å². The van der Waals surface area contributed by atoms with Crippen LogP contribution in [-0.4, -0.2) is 31.8 Å².